The first kappa shape index (κ1) is 20.9. The molecule has 0 aliphatic carbocycles. The minimum absolute atomic E-state index is 0.125. The molecule has 0 spiro atoms. The number of hydrogen-bond donors (Lipinski definition) is 1. The van der Waals surface area contributed by atoms with Crippen LogP contribution < -0.4 is 24.4 Å². The Hall–Kier alpha value is -3.33. The van der Waals surface area contributed by atoms with Crippen molar-refractivity contribution in [1.29, 1.82) is 0 Å². The zero-order valence-corrected chi connectivity index (χ0v) is 18.3. The van der Waals surface area contributed by atoms with Crippen molar-refractivity contribution in [1.82, 2.24) is 4.98 Å². The van der Waals surface area contributed by atoms with Crippen LogP contribution in [0.25, 0.3) is 10.2 Å². The average Bonchev–Trinajstić information content (AvgIpc) is 3.35. The van der Waals surface area contributed by atoms with Crippen molar-refractivity contribution in [2.24, 2.45) is 5.92 Å². The second-order valence-corrected chi connectivity index (χ2v) is 8.04. The molecule has 1 saturated heterocycles. The molecule has 0 unspecified atom stereocenters. The fourth-order valence-electron chi connectivity index (χ4n) is 3.55. The SMILES string of the molecule is CCOc1ccc2nc(NC(=O)[C@@H]3CC(=O)N(c4ccc(OC)cc4OC)C3)sc2c1. The Morgan fingerprint density at radius 1 is 1.19 bits per heavy atom. The molecule has 1 fully saturated rings. The monoisotopic (exact) mass is 441 g/mol. The smallest absolute Gasteiger partial charge is 0.231 e. The molecular formula is C22H23N3O5S. The highest BCUT2D eigenvalue weighted by atomic mass is 32.1. The highest BCUT2D eigenvalue weighted by Gasteiger charge is 2.36. The molecule has 162 valence electrons. The predicted octanol–water partition coefficient (Wildman–Crippen LogP) is 3.70. The molecule has 0 bridgehead atoms. The summed E-state index contributed by atoms with van der Waals surface area (Å²) in [6.07, 6.45) is 0.125. The number of amides is 2. The van der Waals surface area contributed by atoms with Gasteiger partial charge >= 0.3 is 0 Å². The number of fused-ring (bicyclic) bond motifs is 1. The van der Waals surface area contributed by atoms with Gasteiger partial charge in [-0.2, -0.15) is 0 Å². The summed E-state index contributed by atoms with van der Waals surface area (Å²) in [5.74, 6) is 1.07. The van der Waals surface area contributed by atoms with E-state index in [1.165, 1.54) is 18.4 Å². The maximum atomic E-state index is 12.8. The summed E-state index contributed by atoms with van der Waals surface area (Å²) < 4.78 is 17.1. The largest absolute Gasteiger partial charge is 0.497 e. The average molecular weight is 442 g/mol. The van der Waals surface area contributed by atoms with Gasteiger partial charge in [-0.3, -0.25) is 9.59 Å². The van der Waals surface area contributed by atoms with E-state index in [2.05, 4.69) is 10.3 Å². The number of ether oxygens (including phenoxy) is 3. The summed E-state index contributed by atoms with van der Waals surface area (Å²) in [5.41, 5.74) is 1.41. The molecule has 9 heteroatoms. The lowest BCUT2D eigenvalue weighted by Crippen LogP contribution is -2.28. The van der Waals surface area contributed by atoms with Crippen molar-refractivity contribution in [2.75, 3.05) is 37.6 Å². The van der Waals surface area contributed by atoms with E-state index < -0.39 is 5.92 Å². The summed E-state index contributed by atoms with van der Waals surface area (Å²) in [4.78, 5) is 31.5. The number of nitrogens with zero attached hydrogens (tertiary/aromatic N) is 2. The molecule has 0 saturated carbocycles. The van der Waals surface area contributed by atoms with Gasteiger partial charge in [0, 0.05) is 19.0 Å². The van der Waals surface area contributed by atoms with Crippen molar-refractivity contribution in [3.63, 3.8) is 0 Å². The Labute approximate surface area is 183 Å². The van der Waals surface area contributed by atoms with Crippen LogP contribution in [-0.2, 0) is 9.59 Å². The first-order chi connectivity index (χ1) is 15.0. The Balaban J connectivity index is 1.48. The fourth-order valence-corrected chi connectivity index (χ4v) is 4.44. The number of thiazole rings is 1. The topological polar surface area (TPSA) is 90.0 Å². The van der Waals surface area contributed by atoms with E-state index in [9.17, 15) is 9.59 Å². The van der Waals surface area contributed by atoms with E-state index in [1.807, 2.05) is 25.1 Å². The number of anilines is 2. The molecule has 2 heterocycles. The molecule has 31 heavy (non-hydrogen) atoms. The number of carbonyl (C=O) groups is 2. The summed E-state index contributed by atoms with van der Waals surface area (Å²) in [7, 11) is 3.10. The molecule has 2 amide bonds. The van der Waals surface area contributed by atoms with E-state index in [0.29, 0.717) is 28.9 Å². The molecule has 1 aromatic heterocycles. The highest BCUT2D eigenvalue weighted by Crippen LogP contribution is 2.36. The van der Waals surface area contributed by atoms with Gasteiger partial charge in [0.1, 0.15) is 17.2 Å². The molecule has 2 aromatic carbocycles. The molecule has 1 atom stereocenters. The van der Waals surface area contributed by atoms with Gasteiger partial charge in [0.05, 0.1) is 42.6 Å². The van der Waals surface area contributed by atoms with Gasteiger partial charge in [0.15, 0.2) is 5.13 Å². The highest BCUT2D eigenvalue weighted by molar-refractivity contribution is 7.22. The second kappa shape index (κ2) is 8.81. The molecule has 1 N–H and O–H groups in total. The summed E-state index contributed by atoms with van der Waals surface area (Å²) in [5, 5.41) is 3.36. The van der Waals surface area contributed by atoms with Crippen LogP contribution in [0.1, 0.15) is 13.3 Å². The predicted molar refractivity (Wildman–Crippen MR) is 119 cm³/mol. The van der Waals surface area contributed by atoms with Gasteiger partial charge in [-0.25, -0.2) is 4.98 Å². The normalized spacial score (nSPS) is 15.9. The Bertz CT molecular complexity index is 1130. The third-order valence-corrected chi connectivity index (χ3v) is 6.01. The molecule has 0 radical (unpaired) electrons. The summed E-state index contributed by atoms with van der Waals surface area (Å²) in [6, 6.07) is 10.9. The number of rotatable bonds is 7. The van der Waals surface area contributed by atoms with Crippen LogP contribution in [-0.4, -0.2) is 44.2 Å². The Morgan fingerprint density at radius 3 is 2.74 bits per heavy atom. The van der Waals surface area contributed by atoms with Crippen molar-refractivity contribution in [3.8, 4) is 17.2 Å². The van der Waals surface area contributed by atoms with Gasteiger partial charge in [-0.1, -0.05) is 11.3 Å². The van der Waals surface area contributed by atoms with Crippen LogP contribution in [0, 0.1) is 5.92 Å². The van der Waals surface area contributed by atoms with Gasteiger partial charge in [0.2, 0.25) is 11.8 Å². The summed E-state index contributed by atoms with van der Waals surface area (Å²) >= 11 is 1.38. The van der Waals surface area contributed by atoms with Crippen molar-refractivity contribution in [3.05, 3.63) is 36.4 Å². The van der Waals surface area contributed by atoms with Gasteiger partial charge in [-0.05, 0) is 37.3 Å². The zero-order valence-electron chi connectivity index (χ0n) is 17.5. The number of carbonyl (C=O) groups excluding carboxylic acids is 2. The van der Waals surface area contributed by atoms with Crippen LogP contribution in [0.4, 0.5) is 10.8 Å². The quantitative estimate of drug-likeness (QED) is 0.601. The lowest BCUT2D eigenvalue weighted by atomic mass is 10.1. The Kier molecular flexibility index (Phi) is 5.94. The lowest BCUT2D eigenvalue weighted by Gasteiger charge is -2.20. The lowest BCUT2D eigenvalue weighted by molar-refractivity contribution is -0.122. The van der Waals surface area contributed by atoms with Crippen LogP contribution in [0.3, 0.4) is 0 Å². The molecule has 3 aromatic rings. The van der Waals surface area contributed by atoms with E-state index in [0.717, 1.165) is 16.0 Å². The molecule has 4 rings (SSSR count). The molecular weight excluding hydrogens is 418 g/mol. The zero-order chi connectivity index (χ0) is 22.0. The maximum Gasteiger partial charge on any atom is 0.231 e. The van der Waals surface area contributed by atoms with E-state index >= 15 is 0 Å². The number of hydrogen-bond acceptors (Lipinski definition) is 7. The van der Waals surface area contributed by atoms with Crippen molar-refractivity contribution >= 4 is 44.2 Å². The van der Waals surface area contributed by atoms with Gasteiger partial charge in [-0.15, -0.1) is 0 Å². The standard InChI is InChI=1S/C22H23N3O5S/c1-4-30-15-5-7-16-19(11-15)31-22(23-16)24-21(27)13-9-20(26)25(12-13)17-8-6-14(28-2)10-18(17)29-3/h5-8,10-11,13H,4,9,12H2,1-3H3,(H,23,24,27)/t13-/m1/s1. The van der Waals surface area contributed by atoms with E-state index in [4.69, 9.17) is 14.2 Å². The first-order valence-electron chi connectivity index (χ1n) is 9.89. The number of nitrogens with one attached hydrogen (secondary N) is 1. The van der Waals surface area contributed by atoms with Crippen molar-refractivity contribution < 1.29 is 23.8 Å². The van der Waals surface area contributed by atoms with Crippen molar-refractivity contribution in [2.45, 2.75) is 13.3 Å². The second-order valence-electron chi connectivity index (χ2n) is 7.01. The first-order valence-corrected chi connectivity index (χ1v) is 10.7. The minimum atomic E-state index is -0.481. The number of aromatic nitrogens is 1. The molecule has 1 aliphatic rings. The molecule has 8 nitrogen and oxygen atoms in total. The van der Waals surface area contributed by atoms with Crippen LogP contribution in [0.5, 0.6) is 17.2 Å². The third kappa shape index (κ3) is 4.27. The third-order valence-electron chi connectivity index (χ3n) is 5.07. The summed E-state index contributed by atoms with van der Waals surface area (Å²) in [6.45, 7) is 2.78. The molecule has 1 aliphatic heterocycles. The van der Waals surface area contributed by atoms with Crippen LogP contribution in [0.15, 0.2) is 36.4 Å². The van der Waals surface area contributed by atoms with Crippen LogP contribution >= 0.6 is 11.3 Å². The Morgan fingerprint density at radius 2 is 2.00 bits per heavy atom. The van der Waals surface area contributed by atoms with Crippen LogP contribution in [0.2, 0.25) is 0 Å². The number of methoxy groups -OCH3 is 2. The van der Waals surface area contributed by atoms with E-state index in [1.54, 1.807) is 30.2 Å². The van der Waals surface area contributed by atoms with Gasteiger partial charge in [0.25, 0.3) is 0 Å². The van der Waals surface area contributed by atoms with E-state index in [-0.39, 0.29) is 24.8 Å². The minimum Gasteiger partial charge on any atom is -0.497 e. The maximum absolute atomic E-state index is 12.8. The fraction of sp³-hybridized carbons (Fsp3) is 0.318. The number of benzene rings is 2. The van der Waals surface area contributed by atoms with Gasteiger partial charge < -0.3 is 24.4 Å².